The van der Waals surface area contributed by atoms with Crippen molar-refractivity contribution in [1.82, 2.24) is 4.98 Å². The molecular weight excluding hydrogens is 212 g/mol. The zero-order chi connectivity index (χ0) is 8.97. The van der Waals surface area contributed by atoms with Gasteiger partial charge >= 0.3 is 5.97 Å². The van der Waals surface area contributed by atoms with Gasteiger partial charge in [0, 0.05) is 11.8 Å². The highest BCUT2D eigenvalue weighted by molar-refractivity contribution is 7.07. The number of ether oxygens (including phenoxy) is 1. The zero-order valence-corrected chi connectivity index (χ0v) is 8.73. The van der Waals surface area contributed by atoms with Crippen molar-refractivity contribution < 1.29 is 9.53 Å². The number of hydrogen-bond acceptors (Lipinski definition) is 5. The Kier molecular flexibility index (Phi) is 5.61. The van der Waals surface area contributed by atoms with Gasteiger partial charge in [-0.3, -0.25) is 4.79 Å². The Morgan fingerprint density at radius 2 is 2.54 bits per heavy atom. The van der Waals surface area contributed by atoms with Crippen LogP contribution >= 0.6 is 23.7 Å². The van der Waals surface area contributed by atoms with Crippen molar-refractivity contribution in [3.05, 3.63) is 16.6 Å². The van der Waals surface area contributed by atoms with Crippen molar-refractivity contribution in [2.24, 2.45) is 5.73 Å². The topological polar surface area (TPSA) is 65.2 Å². The number of methoxy groups -OCH3 is 1. The van der Waals surface area contributed by atoms with Crippen molar-refractivity contribution in [1.29, 1.82) is 0 Å². The van der Waals surface area contributed by atoms with Crippen LogP contribution in [0.1, 0.15) is 5.69 Å². The number of rotatable bonds is 3. The molecule has 0 bridgehead atoms. The molecule has 0 aliphatic heterocycles. The Morgan fingerprint density at radius 1 is 1.85 bits per heavy atom. The summed E-state index contributed by atoms with van der Waals surface area (Å²) in [6.07, 6.45) is 0.441. The average molecular weight is 223 g/mol. The lowest BCUT2D eigenvalue weighted by Gasteiger charge is -2.05. The van der Waals surface area contributed by atoms with Gasteiger partial charge in [-0.1, -0.05) is 0 Å². The van der Waals surface area contributed by atoms with Crippen molar-refractivity contribution in [3.63, 3.8) is 0 Å². The maximum Gasteiger partial charge on any atom is 0.323 e. The molecule has 0 fully saturated rings. The van der Waals surface area contributed by atoms with Gasteiger partial charge in [0.1, 0.15) is 6.04 Å². The first-order valence-corrected chi connectivity index (χ1v) is 4.39. The molecule has 1 aromatic rings. The minimum absolute atomic E-state index is 0. The maximum atomic E-state index is 10.9. The van der Waals surface area contributed by atoms with Crippen LogP contribution in [0.2, 0.25) is 0 Å². The minimum Gasteiger partial charge on any atom is -0.468 e. The molecule has 0 aliphatic rings. The van der Waals surface area contributed by atoms with Crippen molar-refractivity contribution >= 4 is 29.7 Å². The first kappa shape index (κ1) is 12.3. The van der Waals surface area contributed by atoms with E-state index in [1.54, 1.807) is 5.51 Å². The van der Waals surface area contributed by atoms with Crippen LogP contribution in [0.4, 0.5) is 0 Å². The lowest BCUT2D eigenvalue weighted by atomic mass is 10.2. The van der Waals surface area contributed by atoms with Crippen LogP contribution in [0.3, 0.4) is 0 Å². The fourth-order valence-corrected chi connectivity index (χ4v) is 1.37. The SMILES string of the molecule is COC(=O)C(N)Cc1cscn1.Cl. The Hall–Kier alpha value is -0.650. The Labute approximate surface area is 86.5 Å². The van der Waals surface area contributed by atoms with Crippen molar-refractivity contribution in [3.8, 4) is 0 Å². The Bertz CT molecular complexity index is 253. The predicted molar refractivity (Wildman–Crippen MR) is 53.1 cm³/mol. The molecule has 0 saturated carbocycles. The highest BCUT2D eigenvalue weighted by atomic mass is 35.5. The van der Waals surface area contributed by atoms with Crippen LogP contribution in [0.25, 0.3) is 0 Å². The van der Waals surface area contributed by atoms with E-state index in [2.05, 4.69) is 9.72 Å². The van der Waals surface area contributed by atoms with E-state index < -0.39 is 12.0 Å². The number of nitrogens with two attached hydrogens (primary N) is 1. The van der Waals surface area contributed by atoms with E-state index in [0.29, 0.717) is 6.42 Å². The number of hydrogen-bond donors (Lipinski definition) is 1. The first-order valence-electron chi connectivity index (χ1n) is 3.44. The molecule has 0 saturated heterocycles. The second kappa shape index (κ2) is 5.90. The zero-order valence-electron chi connectivity index (χ0n) is 7.10. The van der Waals surface area contributed by atoms with Gasteiger partial charge in [-0.2, -0.15) is 0 Å². The fraction of sp³-hybridized carbons (Fsp3) is 0.429. The molecule has 1 atom stereocenters. The smallest absolute Gasteiger partial charge is 0.323 e. The van der Waals surface area contributed by atoms with Crippen LogP contribution in [0.5, 0.6) is 0 Å². The highest BCUT2D eigenvalue weighted by Gasteiger charge is 2.14. The number of carbonyl (C=O) groups excluding carboxylic acids is 1. The highest BCUT2D eigenvalue weighted by Crippen LogP contribution is 2.03. The molecule has 74 valence electrons. The second-order valence-corrected chi connectivity index (χ2v) is 3.03. The normalized spacial score (nSPS) is 11.5. The summed E-state index contributed by atoms with van der Waals surface area (Å²) in [5.74, 6) is -0.400. The molecule has 2 N–H and O–H groups in total. The Morgan fingerprint density at radius 3 is 3.00 bits per heavy atom. The summed E-state index contributed by atoms with van der Waals surface area (Å²) in [7, 11) is 1.32. The standard InChI is InChI=1S/C7H10N2O2S.ClH/c1-11-7(10)6(8)2-5-3-12-4-9-5;/h3-4,6H,2,8H2,1H3;1H. The van der Waals surface area contributed by atoms with Gasteiger partial charge in [0.15, 0.2) is 0 Å². The number of carbonyl (C=O) groups is 1. The summed E-state index contributed by atoms with van der Waals surface area (Å²) in [6, 6.07) is -0.600. The average Bonchev–Trinajstić information content (AvgIpc) is 2.55. The fourth-order valence-electron chi connectivity index (χ4n) is 0.798. The molecular formula is C7H11ClN2O2S. The van der Waals surface area contributed by atoms with Gasteiger partial charge in [-0.15, -0.1) is 23.7 Å². The summed E-state index contributed by atoms with van der Waals surface area (Å²) >= 11 is 1.48. The molecule has 0 aliphatic carbocycles. The van der Waals surface area contributed by atoms with E-state index in [1.807, 2.05) is 5.38 Å². The summed E-state index contributed by atoms with van der Waals surface area (Å²) < 4.78 is 4.47. The molecule has 13 heavy (non-hydrogen) atoms. The number of esters is 1. The molecule has 1 heterocycles. The van der Waals surface area contributed by atoms with E-state index in [9.17, 15) is 4.79 Å². The molecule has 1 unspecified atom stereocenters. The molecule has 6 heteroatoms. The van der Waals surface area contributed by atoms with Crippen LogP contribution in [0.15, 0.2) is 10.9 Å². The molecule has 0 spiro atoms. The summed E-state index contributed by atoms with van der Waals surface area (Å²) in [4.78, 5) is 14.9. The van der Waals surface area contributed by atoms with Crippen molar-refractivity contribution in [2.45, 2.75) is 12.5 Å². The quantitative estimate of drug-likeness (QED) is 0.761. The molecule has 0 aromatic carbocycles. The molecule has 1 aromatic heterocycles. The van der Waals surface area contributed by atoms with E-state index in [4.69, 9.17) is 5.73 Å². The van der Waals surface area contributed by atoms with Crippen LogP contribution in [-0.2, 0) is 16.0 Å². The molecule has 0 radical (unpaired) electrons. The number of thiazole rings is 1. The third kappa shape index (κ3) is 3.71. The van der Waals surface area contributed by atoms with E-state index >= 15 is 0 Å². The van der Waals surface area contributed by atoms with Gasteiger partial charge in [-0.05, 0) is 0 Å². The van der Waals surface area contributed by atoms with Crippen LogP contribution in [0, 0.1) is 0 Å². The summed E-state index contributed by atoms with van der Waals surface area (Å²) in [5.41, 5.74) is 8.05. The third-order valence-corrected chi connectivity index (χ3v) is 2.05. The molecule has 0 amide bonds. The lowest BCUT2D eigenvalue weighted by molar-refractivity contribution is -0.142. The van der Waals surface area contributed by atoms with Crippen LogP contribution in [-0.4, -0.2) is 24.1 Å². The largest absolute Gasteiger partial charge is 0.468 e. The molecule has 1 rings (SSSR count). The van der Waals surface area contributed by atoms with Crippen molar-refractivity contribution in [2.75, 3.05) is 7.11 Å². The minimum atomic E-state index is -0.600. The molecule has 4 nitrogen and oxygen atoms in total. The van der Waals surface area contributed by atoms with Gasteiger partial charge in [-0.25, -0.2) is 4.98 Å². The van der Waals surface area contributed by atoms with Crippen LogP contribution < -0.4 is 5.73 Å². The monoisotopic (exact) mass is 222 g/mol. The lowest BCUT2D eigenvalue weighted by Crippen LogP contribution is -2.33. The number of aromatic nitrogens is 1. The Balaban J connectivity index is 0.00000144. The maximum absolute atomic E-state index is 10.9. The van der Waals surface area contributed by atoms with Gasteiger partial charge in [0.2, 0.25) is 0 Å². The van der Waals surface area contributed by atoms with E-state index in [-0.39, 0.29) is 12.4 Å². The summed E-state index contributed by atoms with van der Waals surface area (Å²) in [6.45, 7) is 0. The van der Waals surface area contributed by atoms with Gasteiger partial charge < -0.3 is 10.5 Å². The third-order valence-electron chi connectivity index (χ3n) is 1.42. The van der Waals surface area contributed by atoms with Gasteiger partial charge in [0.05, 0.1) is 18.3 Å². The number of nitrogens with zero attached hydrogens (tertiary/aromatic N) is 1. The van der Waals surface area contributed by atoms with E-state index in [0.717, 1.165) is 5.69 Å². The first-order chi connectivity index (χ1) is 5.74. The number of halogens is 1. The summed E-state index contributed by atoms with van der Waals surface area (Å²) in [5, 5.41) is 1.86. The predicted octanol–water partition coefficient (Wildman–Crippen LogP) is 0.608. The van der Waals surface area contributed by atoms with Gasteiger partial charge in [0.25, 0.3) is 0 Å². The second-order valence-electron chi connectivity index (χ2n) is 2.31. The van der Waals surface area contributed by atoms with E-state index in [1.165, 1.54) is 18.4 Å².